The second kappa shape index (κ2) is 6.26. The Hall–Kier alpha value is -1.22. The summed E-state index contributed by atoms with van der Waals surface area (Å²) in [5.41, 5.74) is 9.86. The minimum absolute atomic E-state index is 0. The Morgan fingerprint density at radius 2 is 1.67 bits per heavy atom. The van der Waals surface area contributed by atoms with Crippen LogP contribution in [0.2, 0.25) is 0 Å². The van der Waals surface area contributed by atoms with E-state index in [2.05, 4.69) is 70.2 Å². The van der Waals surface area contributed by atoms with Crippen LogP contribution in [0.4, 0.5) is 0 Å². The molecular weight excluding hydrogens is 247 g/mol. The fourth-order valence-corrected chi connectivity index (χ4v) is 3.15. The summed E-state index contributed by atoms with van der Waals surface area (Å²) >= 11 is 0. The van der Waals surface area contributed by atoms with Gasteiger partial charge in [-0.25, -0.2) is 0 Å². The smallest absolute Gasteiger partial charge is 1.00 e. The van der Waals surface area contributed by atoms with Gasteiger partial charge in [-0.2, -0.15) is 0 Å². The molecule has 0 saturated carbocycles. The fraction of sp³-hybridized carbons (Fsp3) is 0.300. The molecule has 1 aliphatic carbocycles. The Kier molecular flexibility index (Phi) is 4.82. The van der Waals surface area contributed by atoms with Gasteiger partial charge in [0.25, 0.3) is 0 Å². The average Bonchev–Trinajstić information content (AvgIpc) is 2.81. The van der Waals surface area contributed by atoms with Crippen molar-refractivity contribution in [2.75, 3.05) is 0 Å². The molecule has 0 bridgehead atoms. The first kappa shape index (κ1) is 16.2. The molecule has 0 atom stereocenters. The maximum atomic E-state index is 2.41. The standard InChI is InChI=1S/C20H22.Li.H/c1-13(2)17-11-16-6-5-7-19(20(16)12-17)18-9-14(3)8-15(4)10-18;;/h5-10,12-13H,11H2,1-4H3;;/q;+1;-1. The van der Waals surface area contributed by atoms with Crippen LogP contribution in [0.5, 0.6) is 0 Å². The Balaban J connectivity index is 0.00000121. The van der Waals surface area contributed by atoms with E-state index in [1.54, 1.807) is 5.57 Å². The quantitative estimate of drug-likeness (QED) is 0.736. The first-order valence-corrected chi connectivity index (χ1v) is 7.45. The molecule has 0 radical (unpaired) electrons. The third kappa shape index (κ3) is 3.18. The molecule has 0 fully saturated rings. The predicted molar refractivity (Wildman–Crippen MR) is 89.0 cm³/mol. The zero-order chi connectivity index (χ0) is 14.3. The summed E-state index contributed by atoms with van der Waals surface area (Å²) in [5.74, 6) is 0.634. The maximum Gasteiger partial charge on any atom is 1.00 e. The normalized spacial score (nSPS) is 12.9. The molecule has 0 spiro atoms. The third-order valence-electron chi connectivity index (χ3n) is 4.20. The first-order valence-electron chi connectivity index (χ1n) is 7.45. The number of aryl methyl sites for hydroxylation is 2. The molecule has 0 aromatic heterocycles. The zero-order valence-electron chi connectivity index (χ0n) is 14.8. The molecule has 0 unspecified atom stereocenters. The Labute approximate surface area is 141 Å². The van der Waals surface area contributed by atoms with E-state index in [1.807, 2.05) is 0 Å². The third-order valence-corrected chi connectivity index (χ3v) is 4.20. The van der Waals surface area contributed by atoms with Gasteiger partial charge < -0.3 is 1.43 Å². The monoisotopic (exact) mass is 270 g/mol. The van der Waals surface area contributed by atoms with E-state index in [0.717, 1.165) is 6.42 Å². The van der Waals surface area contributed by atoms with E-state index < -0.39 is 0 Å². The van der Waals surface area contributed by atoms with E-state index in [0.29, 0.717) is 5.92 Å². The van der Waals surface area contributed by atoms with Crippen molar-refractivity contribution in [2.24, 2.45) is 5.92 Å². The van der Waals surface area contributed by atoms with E-state index in [1.165, 1.54) is 33.4 Å². The molecule has 0 amide bonds. The molecule has 21 heavy (non-hydrogen) atoms. The molecule has 3 rings (SSSR count). The van der Waals surface area contributed by atoms with Crippen LogP contribution in [0.3, 0.4) is 0 Å². The molecule has 1 aliphatic rings. The van der Waals surface area contributed by atoms with Crippen molar-refractivity contribution in [3.05, 3.63) is 64.2 Å². The van der Waals surface area contributed by atoms with Gasteiger partial charge in [0.1, 0.15) is 0 Å². The zero-order valence-corrected chi connectivity index (χ0v) is 13.8. The van der Waals surface area contributed by atoms with Crippen LogP contribution >= 0.6 is 0 Å². The van der Waals surface area contributed by atoms with Gasteiger partial charge in [-0.15, -0.1) is 0 Å². The van der Waals surface area contributed by atoms with Crippen molar-refractivity contribution in [1.82, 2.24) is 0 Å². The van der Waals surface area contributed by atoms with Crippen molar-refractivity contribution >= 4 is 6.08 Å². The molecule has 1 heteroatoms. The molecule has 2 aromatic rings. The number of fused-ring (bicyclic) bond motifs is 1. The number of allylic oxidation sites excluding steroid dienone is 1. The van der Waals surface area contributed by atoms with Crippen LogP contribution < -0.4 is 18.9 Å². The van der Waals surface area contributed by atoms with Crippen LogP contribution in [0.25, 0.3) is 17.2 Å². The summed E-state index contributed by atoms with van der Waals surface area (Å²) in [6.07, 6.45) is 3.53. The second-order valence-corrected chi connectivity index (χ2v) is 6.31. The number of hydrogen-bond donors (Lipinski definition) is 0. The van der Waals surface area contributed by atoms with E-state index >= 15 is 0 Å². The largest absolute Gasteiger partial charge is 1.00 e. The van der Waals surface area contributed by atoms with Gasteiger partial charge in [-0.3, -0.25) is 0 Å². The molecule has 0 nitrogen and oxygen atoms in total. The van der Waals surface area contributed by atoms with Crippen molar-refractivity contribution < 1.29 is 20.3 Å². The molecule has 0 heterocycles. The minimum Gasteiger partial charge on any atom is -1.00 e. The number of hydrogen-bond acceptors (Lipinski definition) is 0. The van der Waals surface area contributed by atoms with Crippen molar-refractivity contribution in [1.29, 1.82) is 0 Å². The van der Waals surface area contributed by atoms with E-state index in [-0.39, 0.29) is 20.3 Å². The predicted octanol–water partition coefficient (Wildman–Crippen LogP) is 2.68. The summed E-state index contributed by atoms with van der Waals surface area (Å²) in [6, 6.07) is 13.6. The van der Waals surface area contributed by atoms with Gasteiger partial charge in [-0.05, 0) is 48.4 Å². The number of rotatable bonds is 2. The van der Waals surface area contributed by atoms with Gasteiger partial charge in [-0.1, -0.05) is 73.0 Å². The molecule has 0 saturated heterocycles. The molecule has 0 aliphatic heterocycles. The van der Waals surface area contributed by atoms with Crippen LogP contribution in [-0.2, 0) is 6.42 Å². The Bertz CT molecular complexity index is 679. The first-order chi connectivity index (χ1) is 9.54. The van der Waals surface area contributed by atoms with Crippen molar-refractivity contribution in [2.45, 2.75) is 34.1 Å². The van der Waals surface area contributed by atoms with Crippen LogP contribution in [0, 0.1) is 19.8 Å². The van der Waals surface area contributed by atoms with Gasteiger partial charge in [0.2, 0.25) is 0 Å². The summed E-state index contributed by atoms with van der Waals surface area (Å²) in [4.78, 5) is 0. The van der Waals surface area contributed by atoms with Gasteiger partial charge in [0, 0.05) is 0 Å². The summed E-state index contributed by atoms with van der Waals surface area (Å²) in [5, 5.41) is 0. The van der Waals surface area contributed by atoms with Crippen molar-refractivity contribution in [3.8, 4) is 11.1 Å². The van der Waals surface area contributed by atoms with Gasteiger partial charge in [0.15, 0.2) is 0 Å². The number of benzene rings is 2. The van der Waals surface area contributed by atoms with Crippen molar-refractivity contribution in [3.63, 3.8) is 0 Å². The summed E-state index contributed by atoms with van der Waals surface area (Å²) in [6.45, 7) is 8.92. The maximum absolute atomic E-state index is 2.41. The van der Waals surface area contributed by atoms with Gasteiger partial charge in [0.05, 0.1) is 0 Å². The fourth-order valence-electron chi connectivity index (χ4n) is 3.15. The summed E-state index contributed by atoms with van der Waals surface area (Å²) in [7, 11) is 0. The van der Waals surface area contributed by atoms with Gasteiger partial charge >= 0.3 is 18.9 Å². The molecular formula is C20H23Li. The van der Waals surface area contributed by atoms with Crippen LogP contribution in [0.1, 0.15) is 37.5 Å². The van der Waals surface area contributed by atoms with Crippen LogP contribution in [0.15, 0.2) is 42.0 Å². The Morgan fingerprint density at radius 1 is 1.00 bits per heavy atom. The topological polar surface area (TPSA) is 0 Å². The second-order valence-electron chi connectivity index (χ2n) is 6.31. The van der Waals surface area contributed by atoms with E-state index in [9.17, 15) is 0 Å². The molecule has 0 N–H and O–H groups in total. The Morgan fingerprint density at radius 3 is 2.29 bits per heavy atom. The van der Waals surface area contributed by atoms with Crippen LogP contribution in [-0.4, -0.2) is 0 Å². The molecule has 2 aromatic carbocycles. The SMILES string of the molecule is Cc1cc(C)cc(-c2cccc3c2C=C(C(C)C)C3)c1.[H-].[Li+]. The minimum atomic E-state index is 0. The average molecular weight is 270 g/mol. The molecule has 104 valence electrons. The summed E-state index contributed by atoms with van der Waals surface area (Å²) < 4.78 is 0. The van der Waals surface area contributed by atoms with E-state index in [4.69, 9.17) is 0 Å².